The molecule has 0 aliphatic carbocycles. The van der Waals surface area contributed by atoms with Crippen LogP contribution in [-0.4, -0.2) is 64.6 Å². The molecule has 0 fully saturated rings. The molecule has 104 valence electrons. The van der Waals surface area contributed by atoms with Crippen molar-refractivity contribution in [3.05, 3.63) is 0 Å². The lowest BCUT2D eigenvalue weighted by atomic mass is 10.1. The van der Waals surface area contributed by atoms with E-state index in [1.54, 1.807) is 0 Å². The highest BCUT2D eigenvalue weighted by atomic mass is 32.2. The van der Waals surface area contributed by atoms with E-state index in [4.69, 9.17) is 9.66 Å². The number of nitrogens with zero attached hydrogens (tertiary/aromatic N) is 1. The van der Waals surface area contributed by atoms with Gasteiger partial charge < -0.3 is 15.3 Å². The molecule has 0 bridgehead atoms. The van der Waals surface area contributed by atoms with Crippen LogP contribution < -0.4 is 0 Å². The SMILES string of the molecule is CC(C)CCN(CCO)C(O)C(O)S(=O)(=O)O. The second-order valence-electron chi connectivity index (χ2n) is 4.26. The first-order valence-corrected chi connectivity index (χ1v) is 6.87. The van der Waals surface area contributed by atoms with Gasteiger partial charge in [0.25, 0.3) is 10.1 Å². The molecule has 0 aliphatic rings. The zero-order chi connectivity index (χ0) is 13.6. The zero-order valence-electron chi connectivity index (χ0n) is 10.0. The molecule has 0 amide bonds. The number of aliphatic hydroxyl groups is 3. The van der Waals surface area contributed by atoms with E-state index in [0.717, 1.165) is 0 Å². The molecular formula is C9H21NO6S. The molecule has 0 aliphatic heterocycles. The van der Waals surface area contributed by atoms with Gasteiger partial charge in [-0.3, -0.25) is 9.45 Å². The van der Waals surface area contributed by atoms with E-state index < -0.39 is 21.8 Å². The van der Waals surface area contributed by atoms with Crippen LogP contribution in [0.4, 0.5) is 0 Å². The highest BCUT2D eigenvalue weighted by Gasteiger charge is 2.32. The first-order valence-electron chi connectivity index (χ1n) is 5.37. The lowest BCUT2D eigenvalue weighted by Crippen LogP contribution is -2.48. The van der Waals surface area contributed by atoms with Crippen LogP contribution in [0.15, 0.2) is 0 Å². The molecule has 0 heterocycles. The molecule has 2 unspecified atom stereocenters. The van der Waals surface area contributed by atoms with Crippen molar-refractivity contribution in [1.29, 1.82) is 0 Å². The third-order valence-corrected chi connectivity index (χ3v) is 3.17. The van der Waals surface area contributed by atoms with Gasteiger partial charge in [-0.1, -0.05) is 13.8 Å². The van der Waals surface area contributed by atoms with Crippen molar-refractivity contribution in [2.45, 2.75) is 31.9 Å². The standard InChI is InChI=1S/C9H21NO6S/c1-7(2)3-4-10(5-6-11)8(12)9(13)17(14,15)16/h7-9,11-13H,3-6H2,1-2H3,(H,14,15,16). The third kappa shape index (κ3) is 6.29. The van der Waals surface area contributed by atoms with Gasteiger partial charge >= 0.3 is 0 Å². The van der Waals surface area contributed by atoms with Crippen molar-refractivity contribution in [2.24, 2.45) is 5.92 Å². The first kappa shape index (κ1) is 16.8. The fraction of sp³-hybridized carbons (Fsp3) is 1.00. The molecule has 0 rings (SSSR count). The van der Waals surface area contributed by atoms with Crippen molar-refractivity contribution in [3.63, 3.8) is 0 Å². The Labute approximate surface area is 101 Å². The minimum atomic E-state index is -4.72. The first-order chi connectivity index (χ1) is 7.70. The second kappa shape index (κ2) is 7.24. The van der Waals surface area contributed by atoms with E-state index in [9.17, 15) is 18.6 Å². The number of hydrogen-bond donors (Lipinski definition) is 4. The van der Waals surface area contributed by atoms with Crippen LogP contribution in [-0.2, 0) is 10.1 Å². The predicted octanol–water partition coefficient (Wildman–Crippen LogP) is -1.15. The summed E-state index contributed by atoms with van der Waals surface area (Å²) in [7, 11) is -4.72. The molecule has 7 nitrogen and oxygen atoms in total. The highest BCUT2D eigenvalue weighted by molar-refractivity contribution is 7.86. The number of rotatable bonds is 8. The Bertz CT molecular complexity index is 305. The Balaban J connectivity index is 4.58. The van der Waals surface area contributed by atoms with Gasteiger partial charge in [-0.25, -0.2) is 0 Å². The maximum absolute atomic E-state index is 10.7. The average molecular weight is 271 g/mol. The fourth-order valence-electron chi connectivity index (χ4n) is 1.26. The van der Waals surface area contributed by atoms with Crippen molar-refractivity contribution in [2.75, 3.05) is 19.7 Å². The molecule has 0 spiro atoms. The highest BCUT2D eigenvalue weighted by Crippen LogP contribution is 2.10. The minimum absolute atomic E-state index is 0.0144. The van der Waals surface area contributed by atoms with Crippen molar-refractivity contribution in [1.82, 2.24) is 4.90 Å². The van der Waals surface area contributed by atoms with E-state index in [-0.39, 0.29) is 13.2 Å². The molecule has 0 saturated carbocycles. The summed E-state index contributed by atoms with van der Waals surface area (Å²) in [5, 5.41) is 27.6. The summed E-state index contributed by atoms with van der Waals surface area (Å²) in [5.74, 6) is 0.325. The summed E-state index contributed by atoms with van der Waals surface area (Å²) < 4.78 is 30.0. The van der Waals surface area contributed by atoms with Crippen LogP contribution >= 0.6 is 0 Å². The lowest BCUT2D eigenvalue weighted by Gasteiger charge is -2.29. The van der Waals surface area contributed by atoms with Crippen molar-refractivity contribution >= 4 is 10.1 Å². The van der Waals surface area contributed by atoms with E-state index >= 15 is 0 Å². The van der Waals surface area contributed by atoms with Crippen molar-refractivity contribution < 1.29 is 28.3 Å². The van der Waals surface area contributed by atoms with Crippen LogP contribution in [0.1, 0.15) is 20.3 Å². The number of hydrogen-bond acceptors (Lipinski definition) is 6. The molecule has 0 saturated heterocycles. The van der Waals surface area contributed by atoms with E-state index in [2.05, 4.69) is 0 Å². The summed E-state index contributed by atoms with van der Waals surface area (Å²) in [6.07, 6.45) is -1.09. The Hall–Kier alpha value is -0.250. The van der Waals surface area contributed by atoms with Gasteiger partial charge in [-0.05, 0) is 12.3 Å². The normalized spacial score (nSPS) is 16.5. The molecule has 0 radical (unpaired) electrons. The van der Waals surface area contributed by atoms with Crippen LogP contribution in [0.5, 0.6) is 0 Å². The van der Waals surface area contributed by atoms with Crippen LogP contribution in [0.3, 0.4) is 0 Å². The maximum Gasteiger partial charge on any atom is 0.296 e. The molecule has 0 aromatic rings. The summed E-state index contributed by atoms with van der Waals surface area (Å²) in [5.41, 5.74) is -2.29. The average Bonchev–Trinajstić information content (AvgIpc) is 2.20. The van der Waals surface area contributed by atoms with Crippen molar-refractivity contribution in [3.8, 4) is 0 Å². The van der Waals surface area contributed by atoms with Crippen LogP contribution in [0.25, 0.3) is 0 Å². The van der Waals surface area contributed by atoms with Gasteiger partial charge in [-0.2, -0.15) is 8.42 Å². The summed E-state index contributed by atoms with van der Waals surface area (Å²) >= 11 is 0. The van der Waals surface area contributed by atoms with Gasteiger partial charge in [0.05, 0.1) is 6.61 Å². The molecule has 0 aromatic carbocycles. The Morgan fingerprint density at radius 2 is 1.71 bits per heavy atom. The smallest absolute Gasteiger partial charge is 0.296 e. The predicted molar refractivity (Wildman–Crippen MR) is 61.7 cm³/mol. The Kier molecular flexibility index (Phi) is 7.14. The van der Waals surface area contributed by atoms with E-state index in [0.29, 0.717) is 18.9 Å². The van der Waals surface area contributed by atoms with Crippen LogP contribution in [0, 0.1) is 5.92 Å². The summed E-state index contributed by atoms with van der Waals surface area (Å²) in [6.45, 7) is 3.94. The molecular weight excluding hydrogens is 250 g/mol. The van der Waals surface area contributed by atoms with Gasteiger partial charge in [0.1, 0.15) is 0 Å². The zero-order valence-corrected chi connectivity index (χ0v) is 10.8. The van der Waals surface area contributed by atoms with Gasteiger partial charge in [0.2, 0.25) is 5.44 Å². The second-order valence-corrected chi connectivity index (χ2v) is 5.77. The van der Waals surface area contributed by atoms with Gasteiger partial charge in [0.15, 0.2) is 6.23 Å². The molecule has 8 heteroatoms. The fourth-order valence-corrected chi connectivity index (χ4v) is 1.74. The Morgan fingerprint density at radius 3 is 2.06 bits per heavy atom. The van der Waals surface area contributed by atoms with E-state index in [1.807, 2.05) is 13.8 Å². The quantitative estimate of drug-likeness (QED) is 0.325. The maximum atomic E-state index is 10.7. The molecule has 0 aromatic heterocycles. The summed E-state index contributed by atoms with van der Waals surface area (Å²) in [6, 6.07) is 0. The van der Waals surface area contributed by atoms with Gasteiger partial charge in [0, 0.05) is 13.1 Å². The molecule has 4 N–H and O–H groups in total. The monoisotopic (exact) mass is 271 g/mol. The van der Waals surface area contributed by atoms with Gasteiger partial charge in [-0.15, -0.1) is 0 Å². The molecule has 2 atom stereocenters. The topological polar surface area (TPSA) is 118 Å². The minimum Gasteiger partial charge on any atom is -0.395 e. The lowest BCUT2D eigenvalue weighted by molar-refractivity contribution is -0.0609. The third-order valence-electron chi connectivity index (χ3n) is 2.32. The van der Waals surface area contributed by atoms with E-state index in [1.165, 1.54) is 4.90 Å². The molecule has 17 heavy (non-hydrogen) atoms. The Morgan fingerprint density at radius 1 is 1.18 bits per heavy atom. The number of aliphatic hydroxyl groups excluding tert-OH is 3. The summed E-state index contributed by atoms with van der Waals surface area (Å²) in [4.78, 5) is 1.21. The van der Waals surface area contributed by atoms with Crippen LogP contribution in [0.2, 0.25) is 0 Å². The largest absolute Gasteiger partial charge is 0.395 e.